The molecule has 0 amide bonds. The molecule has 0 aliphatic rings. The summed E-state index contributed by atoms with van der Waals surface area (Å²) in [6, 6.07) is 17.9. The van der Waals surface area contributed by atoms with Gasteiger partial charge in [0.05, 0.1) is 11.3 Å². The Morgan fingerprint density at radius 2 is 1.69 bits per heavy atom. The zero-order valence-corrected chi connectivity index (χ0v) is 18.0. The number of aromatic hydroxyl groups is 1. The minimum atomic E-state index is -4.42. The van der Waals surface area contributed by atoms with Crippen LogP contribution in [0.3, 0.4) is 0 Å². The van der Waals surface area contributed by atoms with Crippen LogP contribution < -0.4 is 5.32 Å². The number of carbonyl (C=O) groups is 1. The summed E-state index contributed by atoms with van der Waals surface area (Å²) in [6.45, 7) is 0. The Hall–Kier alpha value is -4.66. The third-order valence-corrected chi connectivity index (χ3v) is 5.07. The Morgan fingerprint density at radius 3 is 2.40 bits per heavy atom. The highest BCUT2D eigenvalue weighted by Gasteiger charge is 2.29. The number of aromatic nitrogens is 2. The molecule has 0 saturated heterocycles. The number of anilines is 2. The highest BCUT2D eigenvalue weighted by Crippen LogP contribution is 2.30. The quantitative estimate of drug-likeness (QED) is 0.275. The van der Waals surface area contributed by atoms with Gasteiger partial charge in [0.25, 0.3) is 0 Å². The van der Waals surface area contributed by atoms with Crippen molar-refractivity contribution in [1.82, 2.24) is 9.97 Å². The number of nitrogens with one attached hydrogen (secondary N) is 1. The Labute approximate surface area is 198 Å². The molecule has 0 radical (unpaired) electrons. The number of phenols is 1. The van der Waals surface area contributed by atoms with E-state index in [-0.39, 0.29) is 17.3 Å². The van der Waals surface area contributed by atoms with E-state index in [4.69, 9.17) is 0 Å². The maximum absolute atomic E-state index is 12.8. The molecular weight excluding hydrogens is 459 g/mol. The molecule has 1 aromatic heterocycles. The Balaban J connectivity index is 1.59. The zero-order valence-electron chi connectivity index (χ0n) is 18.0. The van der Waals surface area contributed by atoms with Gasteiger partial charge >= 0.3 is 12.1 Å². The highest BCUT2D eigenvalue weighted by molar-refractivity contribution is 5.92. The van der Waals surface area contributed by atoms with Gasteiger partial charge in [-0.15, -0.1) is 0 Å². The molecule has 3 aromatic carbocycles. The van der Waals surface area contributed by atoms with Crippen LogP contribution in [0.4, 0.5) is 24.8 Å². The van der Waals surface area contributed by atoms with E-state index in [2.05, 4.69) is 15.3 Å². The normalized spacial score (nSPS) is 11.5. The van der Waals surface area contributed by atoms with Crippen molar-refractivity contribution in [2.45, 2.75) is 6.18 Å². The van der Waals surface area contributed by atoms with Gasteiger partial charge in [0.2, 0.25) is 5.95 Å². The summed E-state index contributed by atoms with van der Waals surface area (Å²) in [5.74, 6) is -1.33. The molecule has 0 fully saturated rings. The molecule has 9 heteroatoms. The first-order valence-electron chi connectivity index (χ1n) is 10.3. The third kappa shape index (κ3) is 5.64. The van der Waals surface area contributed by atoms with E-state index < -0.39 is 17.7 Å². The van der Waals surface area contributed by atoms with Crippen LogP contribution in [-0.2, 0) is 6.18 Å². The molecule has 4 aromatic rings. The van der Waals surface area contributed by atoms with Crippen LogP contribution >= 0.6 is 0 Å². The summed E-state index contributed by atoms with van der Waals surface area (Å²) >= 11 is 0. The van der Waals surface area contributed by atoms with E-state index in [1.807, 2.05) is 24.3 Å². The molecular formula is C26H18F3N3O3. The molecule has 35 heavy (non-hydrogen) atoms. The van der Waals surface area contributed by atoms with Crippen molar-refractivity contribution in [3.05, 3.63) is 101 Å². The van der Waals surface area contributed by atoms with Crippen LogP contribution in [0.15, 0.2) is 79.0 Å². The molecule has 6 nitrogen and oxygen atoms in total. The van der Waals surface area contributed by atoms with Crippen LogP contribution in [0.5, 0.6) is 5.75 Å². The Bertz CT molecular complexity index is 1400. The van der Waals surface area contributed by atoms with Crippen LogP contribution in [0.25, 0.3) is 23.4 Å². The average Bonchev–Trinajstić information content (AvgIpc) is 2.83. The van der Waals surface area contributed by atoms with E-state index in [9.17, 15) is 28.2 Å². The first-order chi connectivity index (χ1) is 16.7. The predicted molar refractivity (Wildman–Crippen MR) is 126 cm³/mol. The van der Waals surface area contributed by atoms with Crippen molar-refractivity contribution in [2.24, 2.45) is 0 Å². The number of hydrogen-bond donors (Lipinski definition) is 3. The average molecular weight is 477 g/mol. The van der Waals surface area contributed by atoms with Crippen molar-refractivity contribution in [3.8, 4) is 17.0 Å². The van der Waals surface area contributed by atoms with Gasteiger partial charge in [-0.25, -0.2) is 14.8 Å². The molecule has 0 aliphatic carbocycles. The van der Waals surface area contributed by atoms with Gasteiger partial charge in [0.15, 0.2) is 0 Å². The summed E-state index contributed by atoms with van der Waals surface area (Å²) in [5.41, 5.74) is 2.17. The van der Waals surface area contributed by atoms with Gasteiger partial charge in [0.1, 0.15) is 11.3 Å². The van der Waals surface area contributed by atoms with Crippen molar-refractivity contribution < 1.29 is 28.2 Å². The predicted octanol–water partition coefficient (Wildman–Crippen LogP) is 6.48. The van der Waals surface area contributed by atoms with Crippen LogP contribution in [0.2, 0.25) is 0 Å². The van der Waals surface area contributed by atoms with Crippen molar-refractivity contribution >= 4 is 29.8 Å². The lowest BCUT2D eigenvalue weighted by Gasteiger charge is -2.10. The number of nitrogens with zero attached hydrogens (tertiary/aromatic N) is 2. The molecule has 3 N–H and O–H groups in total. The molecule has 176 valence electrons. The minimum absolute atomic E-state index is 0.199. The summed E-state index contributed by atoms with van der Waals surface area (Å²) in [5, 5.41) is 21.8. The fourth-order valence-electron chi connectivity index (χ4n) is 3.33. The summed E-state index contributed by atoms with van der Waals surface area (Å²) in [6.07, 6.45) is 0.627. The largest absolute Gasteiger partial charge is 0.507 e. The van der Waals surface area contributed by atoms with Crippen LogP contribution in [0.1, 0.15) is 27.0 Å². The van der Waals surface area contributed by atoms with Crippen molar-refractivity contribution in [1.29, 1.82) is 0 Å². The van der Waals surface area contributed by atoms with Gasteiger partial charge in [-0.05, 0) is 53.6 Å². The number of rotatable bonds is 6. The van der Waals surface area contributed by atoms with Gasteiger partial charge in [-0.2, -0.15) is 13.2 Å². The molecule has 4 rings (SSSR count). The summed E-state index contributed by atoms with van der Waals surface area (Å²) < 4.78 is 38.3. The maximum Gasteiger partial charge on any atom is 0.416 e. The van der Waals surface area contributed by atoms with Crippen LogP contribution in [0, 0.1) is 0 Å². The van der Waals surface area contributed by atoms with Gasteiger partial charge in [-0.1, -0.05) is 42.5 Å². The van der Waals surface area contributed by atoms with Gasteiger partial charge in [-0.3, -0.25) is 0 Å². The number of carboxylic acids is 1. The number of benzene rings is 3. The highest BCUT2D eigenvalue weighted by atomic mass is 19.4. The molecule has 0 spiro atoms. The third-order valence-electron chi connectivity index (χ3n) is 5.07. The van der Waals surface area contributed by atoms with E-state index in [1.165, 1.54) is 30.5 Å². The fourth-order valence-corrected chi connectivity index (χ4v) is 3.33. The Morgan fingerprint density at radius 1 is 0.943 bits per heavy atom. The summed E-state index contributed by atoms with van der Waals surface area (Å²) in [7, 11) is 0. The lowest BCUT2D eigenvalue weighted by molar-refractivity contribution is -0.137. The topological polar surface area (TPSA) is 95.3 Å². The van der Waals surface area contributed by atoms with E-state index >= 15 is 0 Å². The number of hydrogen-bond acceptors (Lipinski definition) is 5. The van der Waals surface area contributed by atoms with Crippen molar-refractivity contribution in [2.75, 3.05) is 5.32 Å². The molecule has 0 bridgehead atoms. The monoisotopic (exact) mass is 477 g/mol. The van der Waals surface area contributed by atoms with E-state index in [1.54, 1.807) is 24.3 Å². The molecule has 0 saturated carbocycles. The fraction of sp³-hybridized carbons (Fsp3) is 0.0385. The molecule has 0 atom stereocenters. The zero-order chi connectivity index (χ0) is 25.0. The lowest BCUT2D eigenvalue weighted by atomic mass is 10.0. The molecule has 0 aliphatic heterocycles. The number of alkyl halides is 3. The first-order valence-corrected chi connectivity index (χ1v) is 10.3. The standard InChI is InChI=1S/C26H18F3N3O3/c27-26(28,29)18-8-10-19(11-9-18)31-25-30-14-13-22(32-25)20-4-2-1-3-17(20)7-5-16-6-12-23(33)21(15-16)24(34)35/h1-15,33H,(H,34,35)(H,30,31,32). The number of aromatic carboxylic acids is 1. The SMILES string of the molecule is O=C(O)c1cc(C=Cc2ccccc2-c2ccnc(Nc3ccc(C(F)(F)F)cc3)n2)ccc1O. The second-order valence-corrected chi connectivity index (χ2v) is 7.47. The van der Waals surface area contributed by atoms with Crippen LogP contribution in [-0.4, -0.2) is 26.2 Å². The number of carboxylic acid groups (broad SMARTS) is 1. The smallest absolute Gasteiger partial charge is 0.416 e. The maximum atomic E-state index is 12.8. The van der Waals surface area contributed by atoms with E-state index in [0.717, 1.165) is 23.3 Å². The van der Waals surface area contributed by atoms with Gasteiger partial charge in [0, 0.05) is 17.4 Å². The van der Waals surface area contributed by atoms with Gasteiger partial charge < -0.3 is 15.5 Å². The molecule has 1 heterocycles. The second-order valence-electron chi connectivity index (χ2n) is 7.47. The van der Waals surface area contributed by atoms with Crippen molar-refractivity contribution in [3.63, 3.8) is 0 Å². The Kier molecular flexibility index (Phi) is 6.50. The first kappa shape index (κ1) is 23.5. The molecule has 0 unspecified atom stereocenters. The number of halogens is 3. The van der Waals surface area contributed by atoms with E-state index in [0.29, 0.717) is 16.9 Å². The lowest BCUT2D eigenvalue weighted by Crippen LogP contribution is -2.05. The summed E-state index contributed by atoms with van der Waals surface area (Å²) in [4.78, 5) is 19.9. The minimum Gasteiger partial charge on any atom is -0.507 e. The second kappa shape index (κ2) is 9.68.